The molecule has 0 radical (unpaired) electrons. The molecule has 1 heterocycles. The van der Waals surface area contributed by atoms with Crippen LogP contribution in [0, 0.1) is 17.8 Å². The van der Waals surface area contributed by atoms with Gasteiger partial charge in [-0.1, -0.05) is 39.3 Å². The Kier molecular flexibility index (Phi) is 6.53. The zero-order chi connectivity index (χ0) is 19.4. The maximum atomic E-state index is 12.5. The third-order valence-electron chi connectivity index (χ3n) is 5.93. The maximum absolute atomic E-state index is 12.5. The number of amides is 2. The van der Waals surface area contributed by atoms with Gasteiger partial charge in [-0.15, -0.1) is 0 Å². The van der Waals surface area contributed by atoms with Gasteiger partial charge >= 0.3 is 0 Å². The average molecular weight is 373 g/mol. The Morgan fingerprint density at radius 3 is 2.78 bits per heavy atom. The molecule has 5 nitrogen and oxygen atoms in total. The molecule has 1 aliphatic carbocycles. The molecule has 1 N–H and O–H groups in total. The van der Waals surface area contributed by atoms with Crippen molar-refractivity contribution in [1.29, 1.82) is 0 Å². The highest BCUT2D eigenvalue weighted by molar-refractivity contribution is 6.02. The number of carbonyl (C=O) groups excluding carboxylic acids is 2. The molecule has 1 aromatic carbocycles. The highest BCUT2D eigenvalue weighted by Gasteiger charge is 2.32. The smallest absolute Gasteiger partial charge is 0.250 e. The van der Waals surface area contributed by atoms with E-state index in [1.54, 1.807) is 4.90 Å². The van der Waals surface area contributed by atoms with Gasteiger partial charge in [0.25, 0.3) is 0 Å². The van der Waals surface area contributed by atoms with Crippen molar-refractivity contribution in [3.8, 4) is 0 Å². The fourth-order valence-electron chi connectivity index (χ4n) is 4.39. The summed E-state index contributed by atoms with van der Waals surface area (Å²) in [6.45, 7) is 7.50. The lowest BCUT2D eigenvalue weighted by Crippen LogP contribution is -2.36. The van der Waals surface area contributed by atoms with Gasteiger partial charge in [0, 0.05) is 13.0 Å². The van der Waals surface area contributed by atoms with Crippen LogP contribution in [0.2, 0.25) is 0 Å². The lowest BCUT2D eigenvalue weighted by Gasteiger charge is -2.37. The number of ether oxygens (including phenoxy) is 1. The molecule has 0 unspecified atom stereocenters. The number of carbonyl (C=O) groups is 2. The molecule has 5 heteroatoms. The van der Waals surface area contributed by atoms with Gasteiger partial charge in [-0.25, -0.2) is 0 Å². The Bertz CT molecular complexity index is 673. The molecule has 2 amide bonds. The van der Waals surface area contributed by atoms with Crippen LogP contribution in [0.3, 0.4) is 0 Å². The third-order valence-corrected chi connectivity index (χ3v) is 5.93. The highest BCUT2D eigenvalue weighted by Crippen LogP contribution is 2.35. The van der Waals surface area contributed by atoms with Crippen molar-refractivity contribution in [2.75, 3.05) is 23.4 Å². The summed E-state index contributed by atoms with van der Waals surface area (Å²) in [4.78, 5) is 26.3. The van der Waals surface area contributed by atoms with Gasteiger partial charge in [0.1, 0.15) is 6.61 Å². The van der Waals surface area contributed by atoms with Crippen molar-refractivity contribution in [2.24, 2.45) is 17.8 Å². The molecule has 0 aromatic heterocycles. The van der Waals surface area contributed by atoms with E-state index in [9.17, 15) is 9.59 Å². The summed E-state index contributed by atoms with van der Waals surface area (Å²) in [6.07, 6.45) is 5.02. The van der Waals surface area contributed by atoms with Crippen molar-refractivity contribution in [3.63, 3.8) is 0 Å². The summed E-state index contributed by atoms with van der Waals surface area (Å²) in [7, 11) is 0. The van der Waals surface area contributed by atoms with Gasteiger partial charge in [-0.3, -0.25) is 9.59 Å². The Morgan fingerprint density at radius 1 is 1.30 bits per heavy atom. The van der Waals surface area contributed by atoms with Crippen molar-refractivity contribution in [2.45, 2.75) is 59.0 Å². The largest absolute Gasteiger partial charge is 0.368 e. The van der Waals surface area contributed by atoms with Crippen LogP contribution in [0.25, 0.3) is 0 Å². The minimum absolute atomic E-state index is 0.0584. The normalized spacial score (nSPS) is 25.9. The van der Waals surface area contributed by atoms with Crippen LogP contribution in [0.4, 0.5) is 11.4 Å². The molecule has 0 bridgehead atoms. The minimum atomic E-state index is -0.158. The summed E-state index contributed by atoms with van der Waals surface area (Å²) < 4.78 is 6.06. The number of anilines is 2. The molecule has 3 rings (SSSR count). The topological polar surface area (TPSA) is 58.6 Å². The quantitative estimate of drug-likeness (QED) is 0.813. The van der Waals surface area contributed by atoms with E-state index in [2.05, 4.69) is 26.1 Å². The molecule has 3 atom stereocenters. The maximum Gasteiger partial charge on any atom is 0.250 e. The van der Waals surface area contributed by atoms with Crippen LogP contribution in [0.1, 0.15) is 52.9 Å². The molecule has 1 saturated carbocycles. The second kappa shape index (κ2) is 8.87. The van der Waals surface area contributed by atoms with Crippen LogP contribution in [0.5, 0.6) is 0 Å². The third kappa shape index (κ3) is 4.89. The van der Waals surface area contributed by atoms with Crippen LogP contribution in [-0.4, -0.2) is 31.1 Å². The van der Waals surface area contributed by atoms with Crippen LogP contribution in [-0.2, 0) is 14.3 Å². The van der Waals surface area contributed by atoms with E-state index < -0.39 is 0 Å². The van der Waals surface area contributed by atoms with Crippen molar-refractivity contribution >= 4 is 23.2 Å². The molecule has 27 heavy (non-hydrogen) atoms. The molecule has 1 aromatic rings. The Hall–Kier alpha value is -1.88. The van der Waals surface area contributed by atoms with Crippen molar-refractivity contribution < 1.29 is 14.3 Å². The number of nitrogens with zero attached hydrogens (tertiary/aromatic N) is 1. The monoisotopic (exact) mass is 372 g/mol. The Balaban J connectivity index is 1.60. The van der Waals surface area contributed by atoms with E-state index in [0.717, 1.165) is 18.5 Å². The first-order valence-electron chi connectivity index (χ1n) is 10.3. The van der Waals surface area contributed by atoms with Gasteiger partial charge in [-0.05, 0) is 49.1 Å². The van der Waals surface area contributed by atoms with Crippen LogP contribution in [0.15, 0.2) is 24.3 Å². The average Bonchev–Trinajstić information content (AvgIpc) is 3.06. The summed E-state index contributed by atoms with van der Waals surface area (Å²) in [5.74, 6) is 1.68. The molecular weight excluding hydrogens is 340 g/mol. The predicted molar refractivity (Wildman–Crippen MR) is 108 cm³/mol. The molecule has 2 aliphatic rings. The number of para-hydroxylation sites is 2. The van der Waals surface area contributed by atoms with Gasteiger partial charge < -0.3 is 15.0 Å². The van der Waals surface area contributed by atoms with Gasteiger partial charge in [0.2, 0.25) is 11.8 Å². The van der Waals surface area contributed by atoms with Crippen LogP contribution < -0.4 is 10.2 Å². The number of nitrogens with one attached hydrogen (secondary N) is 1. The molecule has 0 spiro atoms. The molecule has 2 fully saturated rings. The van der Waals surface area contributed by atoms with Crippen molar-refractivity contribution in [3.05, 3.63) is 24.3 Å². The number of rotatable bonds is 6. The Labute approximate surface area is 162 Å². The standard InChI is InChI=1S/C22H32N2O3/c1-15(2)17-11-10-16(3)13-20(17)27-14-21(25)23-18-7-4-5-8-19(18)24-12-6-9-22(24)26/h4-5,7-8,15-17,20H,6,9-14H2,1-3H3,(H,23,25)/t16-,17+,20-/m1/s1. The minimum Gasteiger partial charge on any atom is -0.368 e. The van der Waals surface area contributed by atoms with E-state index in [4.69, 9.17) is 4.74 Å². The second-order valence-corrected chi connectivity index (χ2v) is 8.39. The van der Waals surface area contributed by atoms with E-state index in [0.29, 0.717) is 36.4 Å². The van der Waals surface area contributed by atoms with Crippen LogP contribution >= 0.6 is 0 Å². The summed E-state index contributed by atoms with van der Waals surface area (Å²) in [5.41, 5.74) is 1.46. The van der Waals surface area contributed by atoms with E-state index in [1.165, 1.54) is 12.8 Å². The number of hydrogen-bond donors (Lipinski definition) is 1. The first-order valence-corrected chi connectivity index (χ1v) is 10.3. The van der Waals surface area contributed by atoms with E-state index in [-0.39, 0.29) is 24.5 Å². The zero-order valence-electron chi connectivity index (χ0n) is 16.7. The first kappa shape index (κ1) is 19.9. The summed E-state index contributed by atoms with van der Waals surface area (Å²) in [6, 6.07) is 7.50. The molecule has 1 aliphatic heterocycles. The molecule has 1 saturated heterocycles. The van der Waals surface area contributed by atoms with E-state index >= 15 is 0 Å². The van der Waals surface area contributed by atoms with Gasteiger partial charge in [-0.2, -0.15) is 0 Å². The fourth-order valence-corrected chi connectivity index (χ4v) is 4.39. The molecular formula is C22H32N2O3. The lowest BCUT2D eigenvalue weighted by atomic mass is 9.75. The highest BCUT2D eigenvalue weighted by atomic mass is 16.5. The molecule has 148 valence electrons. The first-order chi connectivity index (χ1) is 13.0. The van der Waals surface area contributed by atoms with E-state index in [1.807, 2.05) is 24.3 Å². The fraction of sp³-hybridized carbons (Fsp3) is 0.636. The zero-order valence-corrected chi connectivity index (χ0v) is 16.7. The Morgan fingerprint density at radius 2 is 2.07 bits per heavy atom. The predicted octanol–water partition coefficient (Wildman–Crippen LogP) is 4.23. The summed E-state index contributed by atoms with van der Waals surface area (Å²) >= 11 is 0. The van der Waals surface area contributed by atoms with Gasteiger partial charge in [0.15, 0.2) is 0 Å². The van der Waals surface area contributed by atoms with Gasteiger partial charge in [0.05, 0.1) is 17.5 Å². The summed E-state index contributed by atoms with van der Waals surface area (Å²) in [5, 5.41) is 2.95. The number of benzene rings is 1. The SMILES string of the molecule is CC(C)[C@@H]1CC[C@@H](C)C[C@H]1OCC(=O)Nc1ccccc1N1CCCC1=O. The second-order valence-electron chi connectivity index (χ2n) is 8.39. The van der Waals surface area contributed by atoms with Crippen molar-refractivity contribution in [1.82, 2.24) is 0 Å². The lowest BCUT2D eigenvalue weighted by molar-refractivity contribution is -0.126. The number of hydrogen-bond acceptors (Lipinski definition) is 3.